The summed E-state index contributed by atoms with van der Waals surface area (Å²) in [5, 5.41) is 6.11. The fourth-order valence-corrected chi connectivity index (χ4v) is 8.30. The first-order chi connectivity index (χ1) is 23.6. The van der Waals surface area contributed by atoms with Crippen molar-refractivity contribution < 1.29 is 0 Å². The van der Waals surface area contributed by atoms with Crippen molar-refractivity contribution in [3.63, 3.8) is 0 Å². The first-order valence-corrected chi connectivity index (χ1v) is 16.6. The van der Waals surface area contributed by atoms with Crippen LogP contribution in [0.2, 0.25) is 0 Å². The highest BCUT2D eigenvalue weighted by Gasteiger charge is 2.38. The lowest BCUT2D eigenvalue weighted by molar-refractivity contribution is 0.666. The van der Waals surface area contributed by atoms with Gasteiger partial charge in [-0.25, -0.2) is 9.97 Å². The summed E-state index contributed by atoms with van der Waals surface area (Å²) in [4.78, 5) is 10.3. The fraction of sp³-hybridized carbons (Fsp3) is 0.0667. The van der Waals surface area contributed by atoms with Crippen LogP contribution in [0.1, 0.15) is 25.0 Å². The summed E-state index contributed by atoms with van der Waals surface area (Å²) in [6.07, 6.45) is 2.03. The van der Waals surface area contributed by atoms with Crippen LogP contribution in [0.4, 0.5) is 0 Å². The van der Waals surface area contributed by atoms with Crippen LogP contribution in [0.3, 0.4) is 0 Å². The summed E-state index contributed by atoms with van der Waals surface area (Å²) in [5.74, 6) is 0.740. The molecule has 2 aromatic heterocycles. The number of aromatic nitrogens is 3. The monoisotopic (exact) mass is 613 g/mol. The summed E-state index contributed by atoms with van der Waals surface area (Å²) >= 11 is 0. The van der Waals surface area contributed by atoms with E-state index in [0.717, 1.165) is 33.6 Å². The number of nitrogens with zero attached hydrogens (tertiary/aromatic N) is 3. The molecule has 0 amide bonds. The van der Waals surface area contributed by atoms with Crippen molar-refractivity contribution in [2.75, 3.05) is 0 Å². The molecule has 10 rings (SSSR count). The van der Waals surface area contributed by atoms with E-state index in [1.807, 2.05) is 24.4 Å². The van der Waals surface area contributed by atoms with Gasteiger partial charge in [-0.3, -0.25) is 0 Å². The fourth-order valence-electron chi connectivity index (χ4n) is 8.30. The van der Waals surface area contributed by atoms with Gasteiger partial charge in [0.25, 0.3) is 0 Å². The van der Waals surface area contributed by atoms with Crippen molar-refractivity contribution in [2.24, 2.45) is 0 Å². The largest absolute Gasteiger partial charge is 0.306 e. The van der Waals surface area contributed by atoms with Gasteiger partial charge in [-0.05, 0) is 61.7 Å². The lowest BCUT2D eigenvalue weighted by Crippen LogP contribution is -2.15. The second kappa shape index (κ2) is 9.97. The maximum absolute atomic E-state index is 5.37. The van der Waals surface area contributed by atoms with Crippen molar-refractivity contribution in [3.8, 4) is 39.3 Å². The molecule has 9 aromatic rings. The molecule has 0 aliphatic heterocycles. The second-order valence-corrected chi connectivity index (χ2v) is 13.4. The first-order valence-electron chi connectivity index (χ1n) is 16.6. The van der Waals surface area contributed by atoms with E-state index in [9.17, 15) is 0 Å². The van der Waals surface area contributed by atoms with Crippen molar-refractivity contribution in [1.29, 1.82) is 0 Å². The molecule has 0 atom stereocenters. The van der Waals surface area contributed by atoms with E-state index in [-0.39, 0.29) is 5.41 Å². The number of hydrogen-bond acceptors (Lipinski definition) is 2. The molecule has 0 radical (unpaired) electrons. The molecule has 0 bridgehead atoms. The third-order valence-corrected chi connectivity index (χ3v) is 10.4. The lowest BCUT2D eigenvalue weighted by Gasteiger charge is -2.22. The molecular formula is C45H31N3. The number of fused-ring (bicyclic) bond motifs is 9. The van der Waals surface area contributed by atoms with E-state index in [0.29, 0.717) is 0 Å². The Hall–Kier alpha value is -6.06. The normalized spacial score (nSPS) is 13.4. The Bertz CT molecular complexity index is 2750. The molecule has 3 heteroatoms. The smallest absolute Gasteiger partial charge is 0.159 e. The molecule has 3 nitrogen and oxygen atoms in total. The van der Waals surface area contributed by atoms with Gasteiger partial charge in [0.05, 0.1) is 22.9 Å². The Morgan fingerprint density at radius 1 is 0.521 bits per heavy atom. The molecule has 0 fully saturated rings. The van der Waals surface area contributed by atoms with Crippen LogP contribution >= 0.6 is 0 Å². The Kier molecular flexibility index (Phi) is 5.63. The minimum atomic E-state index is -0.192. The predicted molar refractivity (Wildman–Crippen MR) is 200 cm³/mol. The van der Waals surface area contributed by atoms with Crippen LogP contribution in [0.25, 0.3) is 82.8 Å². The average Bonchev–Trinajstić information content (AvgIpc) is 3.59. The van der Waals surface area contributed by atoms with Crippen molar-refractivity contribution in [2.45, 2.75) is 19.3 Å². The standard InChI is InChI=1S/C45H31N3/c1-45(2)37-22-11-10-19-34(37)36-24-26-39-41(42(36)45)43-40(27-46-44(47-43)29-14-4-3-5-15-29)48(39)38-25-23-33(32-18-8-9-20-35(32)38)31-21-12-16-28-13-6-7-17-30(28)31/h3-27H,1-2H3. The van der Waals surface area contributed by atoms with Gasteiger partial charge in [0.1, 0.15) is 5.52 Å². The van der Waals surface area contributed by atoms with Crippen LogP contribution in [0.5, 0.6) is 0 Å². The highest BCUT2D eigenvalue weighted by Crippen LogP contribution is 2.53. The quantitative estimate of drug-likeness (QED) is 0.198. The predicted octanol–water partition coefficient (Wildman–Crippen LogP) is 11.5. The van der Waals surface area contributed by atoms with E-state index in [4.69, 9.17) is 9.97 Å². The molecule has 0 spiro atoms. The van der Waals surface area contributed by atoms with Gasteiger partial charge in [0.15, 0.2) is 5.82 Å². The summed E-state index contributed by atoms with van der Waals surface area (Å²) in [5.41, 5.74) is 12.8. The molecular weight excluding hydrogens is 583 g/mol. The minimum Gasteiger partial charge on any atom is -0.306 e. The van der Waals surface area contributed by atoms with Crippen molar-refractivity contribution in [1.82, 2.24) is 14.5 Å². The highest BCUT2D eigenvalue weighted by atomic mass is 15.0. The van der Waals surface area contributed by atoms with E-state index in [1.165, 1.54) is 60.3 Å². The van der Waals surface area contributed by atoms with Gasteiger partial charge in [-0.2, -0.15) is 0 Å². The van der Waals surface area contributed by atoms with Crippen LogP contribution in [-0.4, -0.2) is 14.5 Å². The molecule has 0 N–H and O–H groups in total. The van der Waals surface area contributed by atoms with Gasteiger partial charge in [0.2, 0.25) is 0 Å². The van der Waals surface area contributed by atoms with E-state index < -0.39 is 0 Å². The summed E-state index contributed by atoms with van der Waals surface area (Å²) in [7, 11) is 0. The van der Waals surface area contributed by atoms with Crippen LogP contribution in [-0.2, 0) is 5.41 Å². The maximum Gasteiger partial charge on any atom is 0.159 e. The zero-order valence-electron chi connectivity index (χ0n) is 26.8. The number of hydrogen-bond donors (Lipinski definition) is 0. The molecule has 48 heavy (non-hydrogen) atoms. The Morgan fingerprint density at radius 3 is 2.06 bits per heavy atom. The van der Waals surface area contributed by atoms with Gasteiger partial charge in [0, 0.05) is 21.8 Å². The third kappa shape index (κ3) is 3.70. The Balaban J connectivity index is 1.31. The van der Waals surface area contributed by atoms with Gasteiger partial charge < -0.3 is 4.57 Å². The Morgan fingerprint density at radius 2 is 1.19 bits per heavy atom. The molecule has 0 saturated carbocycles. The van der Waals surface area contributed by atoms with E-state index in [1.54, 1.807) is 0 Å². The van der Waals surface area contributed by atoms with Gasteiger partial charge in [-0.15, -0.1) is 0 Å². The molecule has 0 unspecified atom stereocenters. The number of benzene rings is 7. The van der Waals surface area contributed by atoms with Crippen molar-refractivity contribution >= 4 is 43.5 Å². The van der Waals surface area contributed by atoms with Crippen LogP contribution < -0.4 is 0 Å². The first kappa shape index (κ1) is 27.1. The molecule has 0 saturated heterocycles. The highest BCUT2D eigenvalue weighted by molar-refractivity contribution is 6.15. The lowest BCUT2D eigenvalue weighted by atomic mass is 9.81. The maximum atomic E-state index is 5.37. The topological polar surface area (TPSA) is 30.7 Å². The zero-order valence-corrected chi connectivity index (χ0v) is 26.8. The molecule has 1 aliphatic carbocycles. The SMILES string of the molecule is CC1(C)c2ccccc2-c2ccc3c(c21)c1nc(-c2ccccc2)ncc1n3-c1ccc(-c2cccc3ccccc23)c2ccccc12. The average molecular weight is 614 g/mol. The molecule has 7 aromatic carbocycles. The summed E-state index contributed by atoms with van der Waals surface area (Å²) in [6, 6.07) is 52.4. The van der Waals surface area contributed by atoms with Crippen LogP contribution in [0, 0.1) is 0 Å². The molecule has 226 valence electrons. The Labute approximate surface area is 278 Å². The third-order valence-electron chi connectivity index (χ3n) is 10.4. The van der Waals surface area contributed by atoms with E-state index in [2.05, 4.69) is 146 Å². The minimum absolute atomic E-state index is 0.192. The van der Waals surface area contributed by atoms with Gasteiger partial charge >= 0.3 is 0 Å². The molecule has 2 heterocycles. The second-order valence-electron chi connectivity index (χ2n) is 13.4. The van der Waals surface area contributed by atoms with Crippen LogP contribution in [0.15, 0.2) is 152 Å². The van der Waals surface area contributed by atoms with Crippen molar-refractivity contribution in [3.05, 3.63) is 163 Å². The molecule has 1 aliphatic rings. The van der Waals surface area contributed by atoms with E-state index >= 15 is 0 Å². The zero-order chi connectivity index (χ0) is 32.0. The summed E-state index contributed by atoms with van der Waals surface area (Å²) in [6.45, 7) is 4.71. The number of rotatable bonds is 3. The summed E-state index contributed by atoms with van der Waals surface area (Å²) < 4.78 is 2.40. The van der Waals surface area contributed by atoms with Gasteiger partial charge in [-0.1, -0.05) is 147 Å².